The number of methoxy groups -OCH3 is 1. The van der Waals surface area contributed by atoms with Crippen LogP contribution in [-0.4, -0.2) is 21.5 Å². The maximum Gasteiger partial charge on any atom is 0.284 e. The van der Waals surface area contributed by atoms with Gasteiger partial charge in [-0.1, -0.05) is 36.4 Å². The van der Waals surface area contributed by atoms with Gasteiger partial charge in [0.1, 0.15) is 24.1 Å². The molecule has 0 aliphatic rings. The fraction of sp³-hybridized carbons (Fsp3) is 0.0833. The van der Waals surface area contributed by atoms with E-state index < -0.39 is 5.56 Å². The number of hydrogen-bond acceptors (Lipinski definition) is 8. The van der Waals surface area contributed by atoms with Crippen molar-refractivity contribution in [1.82, 2.24) is 14.4 Å². The Labute approximate surface area is 192 Å². The normalized spacial score (nSPS) is 10.9. The number of benzene rings is 2. The third kappa shape index (κ3) is 3.52. The lowest BCUT2D eigenvalue weighted by Crippen LogP contribution is -2.13. The first-order valence-electron chi connectivity index (χ1n) is 9.95. The minimum Gasteiger partial charge on any atom is -0.493 e. The Bertz CT molecular complexity index is 1600. The van der Waals surface area contributed by atoms with Crippen LogP contribution in [0.2, 0.25) is 0 Å². The van der Waals surface area contributed by atoms with E-state index in [4.69, 9.17) is 15.2 Å². The number of rotatable bonds is 5. The number of nitrogens with zero attached hydrogens (tertiary/aromatic N) is 4. The highest BCUT2D eigenvalue weighted by Crippen LogP contribution is 2.38. The van der Waals surface area contributed by atoms with Gasteiger partial charge in [0.2, 0.25) is 0 Å². The molecule has 0 bridgehead atoms. The summed E-state index contributed by atoms with van der Waals surface area (Å²) in [6, 6.07) is 17.1. The quantitative estimate of drug-likeness (QED) is 0.426. The number of pyridine rings is 1. The van der Waals surface area contributed by atoms with Crippen molar-refractivity contribution in [3.63, 3.8) is 0 Å². The number of nitrogen functional groups attached to an aromatic ring is 1. The second kappa shape index (κ2) is 8.26. The second-order valence-corrected chi connectivity index (χ2v) is 8.04. The highest BCUT2D eigenvalue weighted by molar-refractivity contribution is 7.15. The van der Waals surface area contributed by atoms with Crippen LogP contribution in [0.1, 0.15) is 11.1 Å². The second-order valence-electron chi connectivity index (χ2n) is 7.17. The van der Waals surface area contributed by atoms with Crippen LogP contribution in [0, 0.1) is 11.3 Å². The molecule has 2 aromatic carbocycles. The summed E-state index contributed by atoms with van der Waals surface area (Å²) in [5, 5.41) is 11.8. The highest BCUT2D eigenvalue weighted by Gasteiger charge is 2.21. The van der Waals surface area contributed by atoms with E-state index in [9.17, 15) is 10.1 Å². The summed E-state index contributed by atoms with van der Waals surface area (Å²) < 4.78 is 13.2. The van der Waals surface area contributed by atoms with Crippen molar-refractivity contribution in [2.45, 2.75) is 6.61 Å². The molecule has 0 saturated carbocycles. The Morgan fingerprint density at radius 2 is 1.97 bits per heavy atom. The average molecular weight is 455 g/mol. The summed E-state index contributed by atoms with van der Waals surface area (Å²) in [7, 11) is 1.53. The van der Waals surface area contributed by atoms with E-state index in [1.54, 1.807) is 34.2 Å². The zero-order valence-corrected chi connectivity index (χ0v) is 18.3. The van der Waals surface area contributed by atoms with Crippen LogP contribution < -0.4 is 20.8 Å². The number of nitrogens with two attached hydrogens (primary N) is 1. The molecule has 3 heterocycles. The molecule has 0 amide bonds. The molecule has 0 aliphatic carbocycles. The topological polar surface area (TPSA) is 116 Å². The molecule has 2 N–H and O–H groups in total. The van der Waals surface area contributed by atoms with E-state index in [-0.39, 0.29) is 16.8 Å². The maximum atomic E-state index is 13.0. The van der Waals surface area contributed by atoms with E-state index in [2.05, 4.69) is 16.0 Å². The Balaban J connectivity index is 1.68. The number of thiazole rings is 1. The minimum absolute atomic E-state index is 0.0361. The number of fused-ring (bicyclic) bond motifs is 3. The van der Waals surface area contributed by atoms with Gasteiger partial charge in [0, 0.05) is 17.1 Å². The number of hydrogen-bond donors (Lipinski definition) is 1. The third-order valence-electron chi connectivity index (χ3n) is 5.24. The predicted octanol–water partition coefficient (Wildman–Crippen LogP) is 4.01. The van der Waals surface area contributed by atoms with E-state index in [0.717, 1.165) is 5.56 Å². The highest BCUT2D eigenvalue weighted by atomic mass is 32.1. The molecule has 5 aromatic rings. The SMILES string of the molecule is COc1cc(-c2c(C#N)c(N)nc3c2c(=O)nc2sccn23)ccc1OCc1ccccc1. The van der Waals surface area contributed by atoms with Crippen molar-refractivity contribution in [2.75, 3.05) is 12.8 Å². The van der Waals surface area contributed by atoms with E-state index in [1.165, 1.54) is 18.4 Å². The molecule has 0 saturated heterocycles. The standard InChI is InChI=1S/C24H17N5O3S/c1-31-18-11-15(7-8-17(18)32-13-14-5-3-2-4-6-14)19-16(12-25)21(26)27-22-20(19)23(30)28-24-29(22)9-10-33-24/h2-11H,13H2,1H3,(H2,26,27). The van der Waals surface area contributed by atoms with Gasteiger partial charge in [-0.25, -0.2) is 4.98 Å². The molecule has 0 spiro atoms. The van der Waals surface area contributed by atoms with Gasteiger partial charge in [0.15, 0.2) is 22.1 Å². The summed E-state index contributed by atoms with van der Waals surface area (Å²) in [6.45, 7) is 0.368. The van der Waals surface area contributed by atoms with Gasteiger partial charge in [0.05, 0.1) is 12.5 Å². The first-order chi connectivity index (χ1) is 16.1. The van der Waals surface area contributed by atoms with Crippen LogP contribution in [0.4, 0.5) is 5.82 Å². The molecule has 9 heteroatoms. The molecule has 162 valence electrons. The summed E-state index contributed by atoms with van der Waals surface area (Å²) in [6.07, 6.45) is 1.76. The van der Waals surface area contributed by atoms with Crippen LogP contribution in [0.5, 0.6) is 11.5 Å². The van der Waals surface area contributed by atoms with Crippen molar-refractivity contribution >= 4 is 33.1 Å². The lowest BCUT2D eigenvalue weighted by molar-refractivity contribution is 0.284. The monoisotopic (exact) mass is 455 g/mol. The smallest absolute Gasteiger partial charge is 0.284 e. The average Bonchev–Trinajstić information content (AvgIpc) is 3.31. The Morgan fingerprint density at radius 3 is 2.73 bits per heavy atom. The van der Waals surface area contributed by atoms with E-state index >= 15 is 0 Å². The van der Waals surface area contributed by atoms with Crippen LogP contribution in [0.3, 0.4) is 0 Å². The zero-order valence-electron chi connectivity index (χ0n) is 17.5. The van der Waals surface area contributed by atoms with Crippen LogP contribution in [-0.2, 0) is 6.61 Å². The maximum absolute atomic E-state index is 13.0. The van der Waals surface area contributed by atoms with Gasteiger partial charge in [0.25, 0.3) is 5.56 Å². The van der Waals surface area contributed by atoms with Crippen molar-refractivity contribution in [3.8, 4) is 28.7 Å². The first kappa shape index (κ1) is 20.5. The fourth-order valence-electron chi connectivity index (χ4n) is 3.70. The lowest BCUT2D eigenvalue weighted by atomic mass is 9.97. The Hall–Kier alpha value is -4.42. The third-order valence-corrected chi connectivity index (χ3v) is 5.99. The molecule has 5 rings (SSSR count). The number of nitriles is 1. The molecular formula is C24H17N5O3S. The van der Waals surface area contributed by atoms with Gasteiger partial charge in [-0.3, -0.25) is 9.20 Å². The number of aromatic nitrogens is 3. The number of ether oxygens (including phenoxy) is 2. The minimum atomic E-state index is -0.477. The van der Waals surface area contributed by atoms with Gasteiger partial charge in [-0.2, -0.15) is 10.2 Å². The molecule has 0 atom stereocenters. The summed E-state index contributed by atoms with van der Waals surface area (Å²) in [5.41, 5.74) is 8.07. The van der Waals surface area contributed by atoms with Crippen molar-refractivity contribution in [3.05, 3.63) is 81.6 Å². The van der Waals surface area contributed by atoms with Gasteiger partial charge < -0.3 is 15.2 Å². The van der Waals surface area contributed by atoms with Gasteiger partial charge in [-0.05, 0) is 23.3 Å². The largest absolute Gasteiger partial charge is 0.493 e. The van der Waals surface area contributed by atoms with Crippen LogP contribution in [0.15, 0.2) is 64.9 Å². The van der Waals surface area contributed by atoms with Crippen molar-refractivity contribution < 1.29 is 9.47 Å². The van der Waals surface area contributed by atoms with E-state index in [0.29, 0.717) is 39.8 Å². The Morgan fingerprint density at radius 1 is 1.15 bits per heavy atom. The first-order valence-corrected chi connectivity index (χ1v) is 10.8. The Kier molecular flexibility index (Phi) is 5.12. The number of anilines is 1. The van der Waals surface area contributed by atoms with Crippen molar-refractivity contribution in [2.24, 2.45) is 0 Å². The molecule has 8 nitrogen and oxygen atoms in total. The zero-order chi connectivity index (χ0) is 22.9. The summed E-state index contributed by atoms with van der Waals surface area (Å²) >= 11 is 1.31. The van der Waals surface area contributed by atoms with Crippen molar-refractivity contribution in [1.29, 1.82) is 5.26 Å². The van der Waals surface area contributed by atoms with E-state index in [1.807, 2.05) is 30.3 Å². The molecule has 0 fully saturated rings. The lowest BCUT2D eigenvalue weighted by Gasteiger charge is -2.15. The molecule has 0 aliphatic heterocycles. The fourth-order valence-corrected chi connectivity index (χ4v) is 4.40. The van der Waals surface area contributed by atoms with Gasteiger partial charge in [-0.15, -0.1) is 11.3 Å². The molecular weight excluding hydrogens is 438 g/mol. The van der Waals surface area contributed by atoms with Gasteiger partial charge >= 0.3 is 0 Å². The molecule has 3 aromatic heterocycles. The molecule has 0 radical (unpaired) electrons. The summed E-state index contributed by atoms with van der Waals surface area (Å²) in [4.78, 5) is 22.0. The molecule has 33 heavy (non-hydrogen) atoms. The van der Waals surface area contributed by atoms with Crippen LogP contribution in [0.25, 0.3) is 27.1 Å². The predicted molar refractivity (Wildman–Crippen MR) is 127 cm³/mol. The summed E-state index contributed by atoms with van der Waals surface area (Å²) in [5.74, 6) is 1.03. The van der Waals surface area contributed by atoms with Crippen LogP contribution >= 0.6 is 11.3 Å². The molecule has 0 unspecified atom stereocenters.